The van der Waals surface area contributed by atoms with Crippen LogP contribution in [0.4, 0.5) is 0 Å². The molecular weight excluding hydrogens is 340 g/mol. The Morgan fingerprint density at radius 3 is 1.27 bits per heavy atom. The van der Waals surface area contributed by atoms with E-state index < -0.39 is 23.7 Å². The summed E-state index contributed by atoms with van der Waals surface area (Å²) in [5, 5.41) is 7.14. The molecule has 0 aromatic heterocycles. The molecule has 10 heteroatoms. The first-order valence-electron chi connectivity index (χ1n) is 7.93. The fourth-order valence-corrected chi connectivity index (χ4v) is 1.58. The molecule has 142 valence electrons. The maximum absolute atomic E-state index is 8.72. The zero-order valence-electron chi connectivity index (χ0n) is 15.8. The summed E-state index contributed by atoms with van der Waals surface area (Å²) in [6.45, 7) is 10.8. The van der Waals surface area contributed by atoms with E-state index in [2.05, 4.69) is 20.1 Å². The van der Waals surface area contributed by atoms with Crippen molar-refractivity contribution >= 4 is 0 Å². The second-order valence-corrected chi connectivity index (χ2v) is 7.37. The molecule has 2 unspecified atom stereocenters. The molecule has 0 amide bonds. The quantitative estimate of drug-likeness (QED) is 0.189. The van der Waals surface area contributed by atoms with Gasteiger partial charge in [-0.3, -0.25) is 0 Å². The van der Waals surface area contributed by atoms with Gasteiger partial charge in [0.05, 0.1) is 11.2 Å². The number of benzene rings is 1. The maximum Gasteiger partial charge on any atom is 0.196 e. The smallest absolute Gasteiger partial charge is 0.196 e. The first kappa shape index (κ1) is 21.7. The number of nitrogens with zero attached hydrogens (tertiary/aromatic N) is 6. The monoisotopic (exact) mass is 364 g/mol. The number of rotatable bonds is 8. The first-order valence-corrected chi connectivity index (χ1v) is 7.93. The van der Waals surface area contributed by atoms with Crippen molar-refractivity contribution < 1.29 is 19.6 Å². The van der Waals surface area contributed by atoms with Crippen LogP contribution in [-0.4, -0.2) is 11.2 Å². The van der Waals surface area contributed by atoms with Crippen LogP contribution in [0, 0.1) is 0 Å². The van der Waals surface area contributed by atoms with Crippen LogP contribution in [0.15, 0.2) is 34.5 Å². The minimum absolute atomic E-state index is 0.562. The van der Waals surface area contributed by atoms with Gasteiger partial charge >= 0.3 is 0 Å². The molecule has 0 saturated carbocycles. The van der Waals surface area contributed by atoms with Crippen molar-refractivity contribution in [3.8, 4) is 0 Å². The predicted molar refractivity (Wildman–Crippen MR) is 94.1 cm³/mol. The Kier molecular flexibility index (Phi) is 7.85. The van der Waals surface area contributed by atoms with Gasteiger partial charge in [0.1, 0.15) is 0 Å². The number of azide groups is 2. The Morgan fingerprint density at radius 2 is 1.04 bits per heavy atom. The van der Waals surface area contributed by atoms with Gasteiger partial charge in [0.25, 0.3) is 0 Å². The molecule has 0 radical (unpaired) electrons. The molecule has 0 aliphatic carbocycles. The van der Waals surface area contributed by atoms with Gasteiger partial charge in [-0.1, -0.05) is 34.5 Å². The molecule has 0 heterocycles. The molecule has 0 aliphatic rings. The first-order chi connectivity index (χ1) is 12.1. The third-order valence-corrected chi connectivity index (χ3v) is 2.60. The van der Waals surface area contributed by atoms with E-state index in [0.717, 1.165) is 0 Å². The number of hydrogen-bond donors (Lipinski definition) is 0. The van der Waals surface area contributed by atoms with Gasteiger partial charge < -0.3 is 0 Å². The molecule has 10 nitrogen and oxygen atoms in total. The molecule has 0 bridgehead atoms. The van der Waals surface area contributed by atoms with Gasteiger partial charge in [0.15, 0.2) is 12.5 Å². The summed E-state index contributed by atoms with van der Waals surface area (Å²) in [5.41, 5.74) is 17.4. The van der Waals surface area contributed by atoms with E-state index in [1.54, 1.807) is 65.8 Å². The Morgan fingerprint density at radius 1 is 0.731 bits per heavy atom. The zero-order valence-corrected chi connectivity index (χ0v) is 15.8. The SMILES string of the molecule is CC(C)(C)OOC(N=[N+]=[N-])c1ccc(C(N=[N+]=[N-])OOC(C)(C)C)cc1. The fourth-order valence-electron chi connectivity index (χ4n) is 1.58. The molecule has 1 aromatic carbocycles. The summed E-state index contributed by atoms with van der Waals surface area (Å²) in [5.74, 6) is 0. The number of hydrogen-bond acceptors (Lipinski definition) is 6. The lowest BCUT2D eigenvalue weighted by Crippen LogP contribution is -2.21. The summed E-state index contributed by atoms with van der Waals surface area (Å²) < 4.78 is 0. The average molecular weight is 364 g/mol. The summed E-state index contributed by atoms with van der Waals surface area (Å²) in [4.78, 5) is 26.4. The molecule has 2 atom stereocenters. The summed E-state index contributed by atoms with van der Waals surface area (Å²) in [6, 6.07) is 6.62. The van der Waals surface area contributed by atoms with Crippen LogP contribution in [0.25, 0.3) is 20.9 Å². The molecule has 0 fully saturated rings. The normalized spacial score (nSPS) is 14.1. The van der Waals surface area contributed by atoms with E-state index in [-0.39, 0.29) is 0 Å². The van der Waals surface area contributed by atoms with Crippen LogP contribution in [-0.2, 0) is 19.6 Å². The third kappa shape index (κ3) is 8.17. The van der Waals surface area contributed by atoms with E-state index >= 15 is 0 Å². The highest BCUT2D eigenvalue weighted by Gasteiger charge is 2.20. The van der Waals surface area contributed by atoms with Crippen LogP contribution in [0.5, 0.6) is 0 Å². The molecule has 1 rings (SSSR count). The fraction of sp³-hybridized carbons (Fsp3) is 0.625. The molecule has 0 aliphatic heterocycles. The lowest BCUT2D eigenvalue weighted by Gasteiger charge is -2.22. The second-order valence-electron chi connectivity index (χ2n) is 7.37. The highest BCUT2D eigenvalue weighted by molar-refractivity contribution is 5.25. The zero-order chi connectivity index (χ0) is 19.8. The molecule has 0 spiro atoms. The van der Waals surface area contributed by atoms with Gasteiger partial charge in [-0.25, -0.2) is 19.6 Å². The van der Waals surface area contributed by atoms with E-state index in [9.17, 15) is 0 Å². The third-order valence-electron chi connectivity index (χ3n) is 2.60. The topological polar surface area (TPSA) is 134 Å². The van der Waals surface area contributed by atoms with Crippen molar-refractivity contribution in [3.05, 3.63) is 56.3 Å². The van der Waals surface area contributed by atoms with Gasteiger partial charge in [0.2, 0.25) is 0 Å². The molecule has 0 saturated heterocycles. The predicted octanol–water partition coefficient (Wildman–Crippen LogP) is 5.80. The Balaban J connectivity index is 2.94. The van der Waals surface area contributed by atoms with Crippen LogP contribution < -0.4 is 0 Å². The minimum atomic E-state index is -0.960. The Labute approximate surface area is 152 Å². The van der Waals surface area contributed by atoms with Gasteiger partial charge in [0, 0.05) is 9.82 Å². The molecular formula is C16H24N6O4. The highest BCUT2D eigenvalue weighted by Crippen LogP contribution is 2.27. The summed E-state index contributed by atoms with van der Waals surface area (Å²) in [6.07, 6.45) is -1.92. The average Bonchev–Trinajstić information content (AvgIpc) is 2.54. The standard InChI is InChI=1S/C16H24N6O4/c1-15(2,3)25-23-13(19-21-17)11-7-9-12(10-8-11)14(20-22-18)24-26-16(4,5)6/h7-10,13-14H,1-6H3. The summed E-state index contributed by atoms with van der Waals surface area (Å²) >= 11 is 0. The Bertz CT molecular complexity index is 608. The van der Waals surface area contributed by atoms with Crippen molar-refractivity contribution in [3.63, 3.8) is 0 Å². The Hall–Kier alpha value is -2.32. The summed E-state index contributed by atoms with van der Waals surface area (Å²) in [7, 11) is 0. The van der Waals surface area contributed by atoms with Gasteiger partial charge in [-0.15, -0.1) is 0 Å². The van der Waals surface area contributed by atoms with Crippen LogP contribution in [0.3, 0.4) is 0 Å². The van der Waals surface area contributed by atoms with E-state index in [1.807, 2.05) is 0 Å². The van der Waals surface area contributed by atoms with E-state index in [1.165, 1.54) is 0 Å². The molecule has 0 N–H and O–H groups in total. The van der Waals surface area contributed by atoms with Crippen molar-refractivity contribution in [2.75, 3.05) is 0 Å². The van der Waals surface area contributed by atoms with Crippen molar-refractivity contribution in [2.24, 2.45) is 10.2 Å². The van der Waals surface area contributed by atoms with Crippen LogP contribution in [0.2, 0.25) is 0 Å². The lowest BCUT2D eigenvalue weighted by molar-refractivity contribution is -0.375. The van der Waals surface area contributed by atoms with Crippen LogP contribution in [0.1, 0.15) is 65.1 Å². The molecule has 26 heavy (non-hydrogen) atoms. The largest absolute Gasteiger partial charge is 0.230 e. The van der Waals surface area contributed by atoms with Gasteiger partial charge in [-0.2, -0.15) is 0 Å². The van der Waals surface area contributed by atoms with Crippen LogP contribution >= 0.6 is 0 Å². The van der Waals surface area contributed by atoms with E-state index in [0.29, 0.717) is 11.1 Å². The lowest BCUT2D eigenvalue weighted by atomic mass is 10.1. The second kappa shape index (κ2) is 9.40. The maximum atomic E-state index is 8.72. The van der Waals surface area contributed by atoms with Crippen molar-refractivity contribution in [1.82, 2.24) is 0 Å². The van der Waals surface area contributed by atoms with Crippen molar-refractivity contribution in [1.29, 1.82) is 0 Å². The highest BCUT2D eigenvalue weighted by atomic mass is 17.2. The minimum Gasteiger partial charge on any atom is -0.230 e. The van der Waals surface area contributed by atoms with Crippen molar-refractivity contribution in [2.45, 2.75) is 65.2 Å². The van der Waals surface area contributed by atoms with Gasteiger partial charge in [-0.05, 0) is 63.7 Å². The molecule has 1 aromatic rings. The van der Waals surface area contributed by atoms with E-state index in [4.69, 9.17) is 30.6 Å².